The average Bonchev–Trinajstić information content (AvgIpc) is 2.62. The van der Waals surface area contributed by atoms with Gasteiger partial charge in [-0.3, -0.25) is 4.79 Å². The van der Waals surface area contributed by atoms with Gasteiger partial charge in [0, 0.05) is 19.1 Å². The highest BCUT2D eigenvalue weighted by atomic mass is 16.2. The molecule has 1 amide bonds. The largest absolute Gasteiger partial charge is 0.342 e. The van der Waals surface area contributed by atoms with Gasteiger partial charge in [0.2, 0.25) is 5.91 Å². The monoisotopic (exact) mass is 224 g/mol. The van der Waals surface area contributed by atoms with E-state index in [1.54, 1.807) is 0 Å². The summed E-state index contributed by atoms with van der Waals surface area (Å²) in [6.07, 6.45) is 3.42. The summed E-state index contributed by atoms with van der Waals surface area (Å²) in [6.45, 7) is 9.56. The lowest BCUT2D eigenvalue weighted by molar-refractivity contribution is -0.138. The Morgan fingerprint density at radius 2 is 2.19 bits per heavy atom. The molecule has 0 aromatic rings. The number of hydrogen-bond donors (Lipinski definition) is 1. The summed E-state index contributed by atoms with van der Waals surface area (Å²) >= 11 is 0. The number of hydrogen-bond acceptors (Lipinski definition) is 2. The van der Waals surface area contributed by atoms with Crippen LogP contribution < -0.4 is 5.32 Å². The molecule has 3 nitrogen and oxygen atoms in total. The molecule has 2 rings (SSSR count). The SMILES string of the molecule is CC1NCCC1C(=O)N1CCCC(C)(C)C1. The van der Waals surface area contributed by atoms with Crippen molar-refractivity contribution in [3.05, 3.63) is 0 Å². The van der Waals surface area contributed by atoms with E-state index in [4.69, 9.17) is 0 Å². The molecule has 2 unspecified atom stereocenters. The second-order valence-corrected chi connectivity index (χ2v) is 6.17. The first-order chi connectivity index (χ1) is 7.49. The quantitative estimate of drug-likeness (QED) is 0.734. The van der Waals surface area contributed by atoms with Crippen molar-refractivity contribution in [2.24, 2.45) is 11.3 Å². The van der Waals surface area contributed by atoms with Gasteiger partial charge in [0.1, 0.15) is 0 Å². The smallest absolute Gasteiger partial charge is 0.227 e. The van der Waals surface area contributed by atoms with Gasteiger partial charge in [-0.25, -0.2) is 0 Å². The van der Waals surface area contributed by atoms with Crippen molar-refractivity contribution in [1.82, 2.24) is 10.2 Å². The molecular weight excluding hydrogens is 200 g/mol. The van der Waals surface area contributed by atoms with Gasteiger partial charge < -0.3 is 10.2 Å². The molecule has 2 atom stereocenters. The van der Waals surface area contributed by atoms with E-state index in [0.717, 1.165) is 32.5 Å². The maximum atomic E-state index is 12.4. The molecule has 0 aliphatic carbocycles. The zero-order chi connectivity index (χ0) is 11.8. The molecule has 0 saturated carbocycles. The van der Waals surface area contributed by atoms with Gasteiger partial charge in [0.15, 0.2) is 0 Å². The third kappa shape index (κ3) is 2.40. The number of amides is 1. The Hall–Kier alpha value is -0.570. The Kier molecular flexibility index (Phi) is 3.24. The van der Waals surface area contributed by atoms with Crippen LogP contribution in [0.4, 0.5) is 0 Å². The van der Waals surface area contributed by atoms with Crippen LogP contribution in [0.25, 0.3) is 0 Å². The highest BCUT2D eigenvalue weighted by Crippen LogP contribution is 2.30. The lowest BCUT2D eigenvalue weighted by Crippen LogP contribution is -2.47. The molecule has 0 radical (unpaired) electrons. The highest BCUT2D eigenvalue weighted by molar-refractivity contribution is 5.80. The van der Waals surface area contributed by atoms with Crippen LogP contribution in [-0.4, -0.2) is 36.5 Å². The fraction of sp³-hybridized carbons (Fsp3) is 0.923. The molecule has 2 heterocycles. The van der Waals surface area contributed by atoms with Gasteiger partial charge in [-0.1, -0.05) is 13.8 Å². The van der Waals surface area contributed by atoms with E-state index in [0.29, 0.717) is 17.4 Å². The van der Waals surface area contributed by atoms with E-state index in [1.807, 2.05) is 0 Å². The number of carbonyl (C=O) groups excluding carboxylic acids is 1. The number of likely N-dealkylation sites (tertiary alicyclic amines) is 1. The van der Waals surface area contributed by atoms with Crippen molar-refractivity contribution < 1.29 is 4.79 Å². The summed E-state index contributed by atoms with van der Waals surface area (Å²) < 4.78 is 0. The highest BCUT2D eigenvalue weighted by Gasteiger charge is 2.36. The van der Waals surface area contributed by atoms with Gasteiger partial charge >= 0.3 is 0 Å². The molecule has 2 aliphatic rings. The molecule has 2 fully saturated rings. The minimum absolute atomic E-state index is 0.217. The number of nitrogens with zero attached hydrogens (tertiary/aromatic N) is 1. The molecule has 2 saturated heterocycles. The van der Waals surface area contributed by atoms with Crippen molar-refractivity contribution in [1.29, 1.82) is 0 Å². The predicted molar refractivity (Wildman–Crippen MR) is 65.2 cm³/mol. The minimum atomic E-state index is 0.217. The van der Waals surface area contributed by atoms with E-state index in [-0.39, 0.29) is 5.92 Å². The third-order valence-electron chi connectivity index (χ3n) is 4.05. The maximum absolute atomic E-state index is 12.4. The van der Waals surface area contributed by atoms with Crippen LogP contribution in [0.15, 0.2) is 0 Å². The van der Waals surface area contributed by atoms with Crippen molar-refractivity contribution >= 4 is 5.91 Å². The first-order valence-electron chi connectivity index (χ1n) is 6.52. The van der Waals surface area contributed by atoms with Gasteiger partial charge in [0.25, 0.3) is 0 Å². The van der Waals surface area contributed by atoms with Crippen molar-refractivity contribution in [3.8, 4) is 0 Å². The van der Waals surface area contributed by atoms with Crippen LogP contribution in [0.2, 0.25) is 0 Å². The molecule has 3 heteroatoms. The summed E-state index contributed by atoms with van der Waals surface area (Å²) in [5.41, 5.74) is 0.309. The van der Waals surface area contributed by atoms with Crippen molar-refractivity contribution in [2.45, 2.75) is 46.1 Å². The van der Waals surface area contributed by atoms with Crippen molar-refractivity contribution in [3.63, 3.8) is 0 Å². The van der Waals surface area contributed by atoms with Crippen molar-refractivity contribution in [2.75, 3.05) is 19.6 Å². The van der Waals surface area contributed by atoms with E-state index in [2.05, 4.69) is 31.0 Å². The van der Waals surface area contributed by atoms with E-state index in [9.17, 15) is 4.79 Å². The summed E-state index contributed by atoms with van der Waals surface area (Å²) in [4.78, 5) is 14.5. The second kappa shape index (κ2) is 4.36. The van der Waals surface area contributed by atoms with E-state index >= 15 is 0 Å². The first kappa shape index (κ1) is 11.9. The molecular formula is C13H24N2O. The molecule has 2 aliphatic heterocycles. The standard InChI is InChI=1S/C13H24N2O/c1-10-11(5-7-14-10)12(16)15-8-4-6-13(2,3)9-15/h10-11,14H,4-9H2,1-3H3. The summed E-state index contributed by atoms with van der Waals surface area (Å²) in [5.74, 6) is 0.596. The lowest BCUT2D eigenvalue weighted by atomic mass is 9.83. The van der Waals surface area contributed by atoms with Crippen LogP contribution in [-0.2, 0) is 4.79 Å². The Morgan fingerprint density at radius 1 is 1.44 bits per heavy atom. The van der Waals surface area contributed by atoms with Gasteiger partial charge in [-0.15, -0.1) is 0 Å². The number of nitrogens with one attached hydrogen (secondary N) is 1. The molecule has 0 bridgehead atoms. The molecule has 0 aromatic carbocycles. The normalized spacial score (nSPS) is 34.1. The van der Waals surface area contributed by atoms with E-state index < -0.39 is 0 Å². The fourth-order valence-electron chi connectivity index (χ4n) is 3.04. The van der Waals surface area contributed by atoms with Gasteiger partial charge in [-0.05, 0) is 38.1 Å². The summed E-state index contributed by atoms with van der Waals surface area (Å²) in [6, 6.07) is 0.359. The maximum Gasteiger partial charge on any atom is 0.227 e. The summed E-state index contributed by atoms with van der Waals surface area (Å²) in [5, 5.41) is 3.36. The van der Waals surface area contributed by atoms with Crippen LogP contribution >= 0.6 is 0 Å². The van der Waals surface area contributed by atoms with Crippen LogP contribution in [0.1, 0.15) is 40.0 Å². The second-order valence-electron chi connectivity index (χ2n) is 6.17. The fourth-order valence-corrected chi connectivity index (χ4v) is 3.04. The Bertz CT molecular complexity index is 275. The lowest BCUT2D eigenvalue weighted by Gasteiger charge is -2.39. The predicted octanol–water partition coefficient (Wildman–Crippen LogP) is 1.63. The average molecular weight is 224 g/mol. The number of carbonyl (C=O) groups is 1. The molecule has 0 spiro atoms. The minimum Gasteiger partial charge on any atom is -0.342 e. The Morgan fingerprint density at radius 3 is 2.75 bits per heavy atom. The number of piperidine rings is 1. The third-order valence-corrected chi connectivity index (χ3v) is 4.05. The van der Waals surface area contributed by atoms with Gasteiger partial charge in [-0.2, -0.15) is 0 Å². The zero-order valence-corrected chi connectivity index (χ0v) is 10.8. The van der Waals surface area contributed by atoms with Crippen LogP contribution in [0.3, 0.4) is 0 Å². The first-order valence-corrected chi connectivity index (χ1v) is 6.52. The Labute approximate surface area is 98.6 Å². The molecule has 0 aromatic heterocycles. The Balaban J connectivity index is 1.99. The zero-order valence-electron chi connectivity index (χ0n) is 10.8. The molecule has 1 N–H and O–H groups in total. The molecule has 16 heavy (non-hydrogen) atoms. The topological polar surface area (TPSA) is 32.3 Å². The van der Waals surface area contributed by atoms with Crippen LogP contribution in [0.5, 0.6) is 0 Å². The summed E-state index contributed by atoms with van der Waals surface area (Å²) in [7, 11) is 0. The molecule has 92 valence electrons. The van der Waals surface area contributed by atoms with Crippen LogP contribution in [0, 0.1) is 11.3 Å². The van der Waals surface area contributed by atoms with E-state index in [1.165, 1.54) is 6.42 Å². The number of rotatable bonds is 1. The van der Waals surface area contributed by atoms with Gasteiger partial charge in [0.05, 0.1) is 5.92 Å².